The third-order valence-electron chi connectivity index (χ3n) is 5.89. The summed E-state index contributed by atoms with van der Waals surface area (Å²) in [4.78, 5) is 2.89. The molecule has 0 spiro atoms. The molecule has 2 fully saturated rings. The molecule has 0 aromatic rings. The number of nitrogens with one attached hydrogen (secondary N) is 1. The first-order valence-corrected chi connectivity index (χ1v) is 9.54. The van der Waals surface area contributed by atoms with E-state index in [1.807, 2.05) is 0 Å². The lowest BCUT2D eigenvalue weighted by Crippen LogP contribution is -2.56. The molecule has 21 heavy (non-hydrogen) atoms. The van der Waals surface area contributed by atoms with E-state index < -0.39 is 0 Å². The average molecular weight is 290 g/mol. The van der Waals surface area contributed by atoms with E-state index in [1.54, 1.807) is 5.57 Å². The van der Waals surface area contributed by atoms with Crippen LogP contribution in [0.3, 0.4) is 0 Å². The van der Waals surface area contributed by atoms with E-state index >= 15 is 0 Å². The van der Waals surface area contributed by atoms with Crippen LogP contribution in [0.15, 0.2) is 11.6 Å². The van der Waals surface area contributed by atoms with Gasteiger partial charge in [0.05, 0.1) is 0 Å². The zero-order valence-electron chi connectivity index (χ0n) is 13.9. The average Bonchev–Trinajstić information content (AvgIpc) is 2.51. The van der Waals surface area contributed by atoms with Gasteiger partial charge >= 0.3 is 0 Å². The second-order valence-corrected chi connectivity index (χ2v) is 7.46. The van der Waals surface area contributed by atoms with Gasteiger partial charge in [-0.25, -0.2) is 0 Å². The molecule has 2 saturated heterocycles. The van der Waals surface area contributed by atoms with Gasteiger partial charge < -0.3 is 5.32 Å². The van der Waals surface area contributed by atoms with Crippen molar-refractivity contribution in [2.45, 2.75) is 95.7 Å². The molecule has 0 amide bonds. The molecule has 0 saturated carbocycles. The van der Waals surface area contributed by atoms with Crippen LogP contribution >= 0.6 is 0 Å². The Morgan fingerprint density at radius 1 is 1.14 bits per heavy atom. The fourth-order valence-electron chi connectivity index (χ4n) is 4.76. The minimum Gasteiger partial charge on any atom is -0.314 e. The minimum absolute atomic E-state index is 0.797. The molecule has 0 aromatic carbocycles. The molecule has 0 aromatic heterocycles. The van der Waals surface area contributed by atoms with Gasteiger partial charge in [0, 0.05) is 24.7 Å². The summed E-state index contributed by atoms with van der Waals surface area (Å²) in [5.41, 5.74) is 1.76. The lowest BCUT2D eigenvalue weighted by Gasteiger charge is -2.49. The largest absolute Gasteiger partial charge is 0.314 e. The van der Waals surface area contributed by atoms with Crippen LogP contribution in [0.25, 0.3) is 0 Å². The van der Waals surface area contributed by atoms with Gasteiger partial charge in [-0.1, -0.05) is 25.0 Å². The van der Waals surface area contributed by atoms with Gasteiger partial charge in [0.1, 0.15) is 0 Å². The van der Waals surface area contributed by atoms with Gasteiger partial charge in [-0.2, -0.15) is 0 Å². The van der Waals surface area contributed by atoms with Gasteiger partial charge in [0.2, 0.25) is 0 Å². The molecule has 2 aliphatic heterocycles. The Balaban J connectivity index is 1.52. The number of nitrogens with zero attached hydrogens (tertiary/aromatic N) is 1. The molecule has 2 unspecified atom stereocenters. The van der Waals surface area contributed by atoms with Crippen LogP contribution in [0.5, 0.6) is 0 Å². The molecule has 3 aliphatic rings. The number of hydrogen-bond acceptors (Lipinski definition) is 2. The predicted molar refractivity (Wildman–Crippen MR) is 90.6 cm³/mol. The first-order valence-electron chi connectivity index (χ1n) is 9.54. The van der Waals surface area contributed by atoms with E-state index in [1.165, 1.54) is 83.7 Å². The van der Waals surface area contributed by atoms with Crippen LogP contribution in [0.4, 0.5) is 0 Å². The highest BCUT2D eigenvalue weighted by Gasteiger charge is 2.37. The Kier molecular flexibility index (Phi) is 5.76. The summed E-state index contributed by atoms with van der Waals surface area (Å²) in [5, 5.41) is 3.79. The first-order chi connectivity index (χ1) is 10.4. The summed E-state index contributed by atoms with van der Waals surface area (Å²) in [6.07, 6.45) is 17.9. The van der Waals surface area contributed by atoms with Gasteiger partial charge in [0.25, 0.3) is 0 Å². The van der Waals surface area contributed by atoms with Crippen molar-refractivity contribution >= 4 is 0 Å². The number of piperidine rings is 2. The summed E-state index contributed by atoms with van der Waals surface area (Å²) in [6.45, 7) is 4.82. The third kappa shape index (κ3) is 4.10. The molecule has 0 radical (unpaired) electrons. The zero-order chi connectivity index (χ0) is 14.5. The molecule has 2 heterocycles. The Morgan fingerprint density at radius 2 is 1.95 bits per heavy atom. The van der Waals surface area contributed by atoms with Crippen molar-refractivity contribution in [3.63, 3.8) is 0 Å². The molecule has 1 N–H and O–H groups in total. The zero-order valence-corrected chi connectivity index (χ0v) is 13.9. The van der Waals surface area contributed by atoms with Crippen molar-refractivity contribution in [1.82, 2.24) is 10.2 Å². The summed E-state index contributed by atoms with van der Waals surface area (Å²) < 4.78 is 0. The Bertz CT molecular complexity index is 335. The Morgan fingerprint density at radius 3 is 2.62 bits per heavy atom. The van der Waals surface area contributed by atoms with Gasteiger partial charge in [-0.3, -0.25) is 4.90 Å². The van der Waals surface area contributed by atoms with E-state index in [4.69, 9.17) is 0 Å². The van der Waals surface area contributed by atoms with Crippen LogP contribution in [-0.4, -0.2) is 36.1 Å². The van der Waals surface area contributed by atoms with Crippen molar-refractivity contribution < 1.29 is 0 Å². The van der Waals surface area contributed by atoms with Gasteiger partial charge in [-0.15, -0.1) is 0 Å². The van der Waals surface area contributed by atoms with E-state index in [2.05, 4.69) is 23.2 Å². The second-order valence-electron chi connectivity index (χ2n) is 7.46. The molecule has 2 nitrogen and oxygen atoms in total. The smallest absolute Gasteiger partial charge is 0.0113 e. The van der Waals surface area contributed by atoms with Crippen LogP contribution in [0.2, 0.25) is 0 Å². The molecular formula is C19H34N2. The molecule has 2 bridgehead atoms. The summed E-state index contributed by atoms with van der Waals surface area (Å²) in [5.74, 6) is 0. The van der Waals surface area contributed by atoms with Crippen molar-refractivity contribution in [3.8, 4) is 0 Å². The fourth-order valence-corrected chi connectivity index (χ4v) is 4.76. The van der Waals surface area contributed by atoms with Crippen LogP contribution in [-0.2, 0) is 0 Å². The summed E-state index contributed by atoms with van der Waals surface area (Å²) >= 11 is 0. The molecule has 120 valence electrons. The quantitative estimate of drug-likeness (QED) is 0.735. The Hall–Kier alpha value is -0.340. The Labute approximate surface area is 131 Å². The summed E-state index contributed by atoms with van der Waals surface area (Å²) in [6, 6.07) is 2.54. The highest BCUT2D eigenvalue weighted by Crippen LogP contribution is 2.35. The standard InChI is InChI=1S/C19H34N2/c1-2-12-20-17-14-18-9-6-10-19(15-17)21(18)13-11-16-7-4-3-5-8-16/h7,17-20H,2-6,8-15H2,1H3. The van der Waals surface area contributed by atoms with Gasteiger partial charge in [0.15, 0.2) is 0 Å². The van der Waals surface area contributed by atoms with Crippen molar-refractivity contribution in [3.05, 3.63) is 11.6 Å². The number of hydrogen-bond donors (Lipinski definition) is 1. The topological polar surface area (TPSA) is 15.3 Å². The lowest BCUT2D eigenvalue weighted by atomic mass is 9.81. The van der Waals surface area contributed by atoms with Gasteiger partial charge in [-0.05, 0) is 70.8 Å². The highest BCUT2D eigenvalue weighted by molar-refractivity contribution is 5.06. The molecule has 3 rings (SSSR count). The lowest BCUT2D eigenvalue weighted by molar-refractivity contribution is 0.0255. The minimum atomic E-state index is 0.797. The number of rotatable bonds is 6. The van der Waals surface area contributed by atoms with E-state index in [0.29, 0.717) is 0 Å². The van der Waals surface area contributed by atoms with Crippen molar-refractivity contribution in [2.24, 2.45) is 0 Å². The molecule has 1 aliphatic carbocycles. The fraction of sp³-hybridized carbons (Fsp3) is 0.895. The SMILES string of the molecule is CCCNC1CC2CCCC(C1)N2CCC1=CCCCC1. The normalized spacial score (nSPS) is 33.8. The monoisotopic (exact) mass is 290 g/mol. The van der Waals surface area contributed by atoms with Crippen molar-refractivity contribution in [1.29, 1.82) is 0 Å². The second kappa shape index (κ2) is 7.78. The number of fused-ring (bicyclic) bond motifs is 2. The van der Waals surface area contributed by atoms with E-state index in [-0.39, 0.29) is 0 Å². The molecule has 2 atom stereocenters. The first kappa shape index (κ1) is 15.6. The summed E-state index contributed by atoms with van der Waals surface area (Å²) in [7, 11) is 0. The highest BCUT2D eigenvalue weighted by atomic mass is 15.2. The maximum absolute atomic E-state index is 3.79. The third-order valence-corrected chi connectivity index (χ3v) is 5.89. The molecule has 2 heteroatoms. The molecular weight excluding hydrogens is 256 g/mol. The maximum atomic E-state index is 3.79. The van der Waals surface area contributed by atoms with Crippen LogP contribution in [0, 0.1) is 0 Å². The maximum Gasteiger partial charge on any atom is 0.0113 e. The van der Waals surface area contributed by atoms with Crippen LogP contribution in [0.1, 0.15) is 77.6 Å². The predicted octanol–water partition coefficient (Wildman–Crippen LogP) is 4.26. The van der Waals surface area contributed by atoms with Crippen LogP contribution < -0.4 is 5.32 Å². The number of allylic oxidation sites excluding steroid dienone is 1. The van der Waals surface area contributed by atoms with E-state index in [9.17, 15) is 0 Å². The van der Waals surface area contributed by atoms with Crippen molar-refractivity contribution in [2.75, 3.05) is 13.1 Å². The van der Waals surface area contributed by atoms with E-state index in [0.717, 1.165) is 18.1 Å².